The summed E-state index contributed by atoms with van der Waals surface area (Å²) in [4.78, 5) is 2.09. The van der Waals surface area contributed by atoms with E-state index < -0.39 is 24.2 Å². The van der Waals surface area contributed by atoms with Crippen LogP contribution in [0.1, 0.15) is 102 Å². The number of hydrogen-bond acceptors (Lipinski definition) is 3. The molecular weight excluding hydrogens is 468 g/mol. The lowest BCUT2D eigenvalue weighted by Crippen LogP contribution is -2.45. The van der Waals surface area contributed by atoms with Gasteiger partial charge in [0.2, 0.25) is 0 Å². The Morgan fingerprint density at radius 2 is 1.14 bits per heavy atom. The third kappa shape index (κ3) is 12.5. The number of aliphatic hydroxyl groups is 2. The van der Waals surface area contributed by atoms with E-state index in [0.717, 1.165) is 30.4 Å². The lowest BCUT2D eigenvalue weighted by Gasteiger charge is -2.34. The number of halogens is 2. The Morgan fingerprint density at radius 1 is 0.703 bits per heavy atom. The molecule has 0 bridgehead atoms. The molecule has 0 unspecified atom stereocenters. The zero-order chi connectivity index (χ0) is 26.9. The number of unbranched alkanes of at least 4 members (excludes halogenated alkanes) is 9. The predicted octanol–water partition coefficient (Wildman–Crippen LogP) is 8.14. The van der Waals surface area contributed by atoms with Crippen LogP contribution in [0, 0.1) is 0 Å². The molecule has 5 heteroatoms. The highest BCUT2D eigenvalue weighted by Gasteiger charge is 2.40. The van der Waals surface area contributed by atoms with Crippen LogP contribution in [0.2, 0.25) is 0 Å². The number of rotatable bonds is 20. The third-order valence-corrected chi connectivity index (χ3v) is 7.41. The van der Waals surface area contributed by atoms with Crippen LogP contribution in [-0.2, 0) is 13.1 Å². The highest BCUT2D eigenvalue weighted by Crippen LogP contribution is 2.30. The van der Waals surface area contributed by atoms with Crippen LogP contribution in [-0.4, -0.2) is 39.3 Å². The molecule has 3 atom stereocenters. The van der Waals surface area contributed by atoms with Gasteiger partial charge in [-0.25, -0.2) is 8.78 Å². The fourth-order valence-corrected chi connectivity index (χ4v) is 4.84. The molecule has 0 saturated heterocycles. The second kappa shape index (κ2) is 17.6. The largest absolute Gasteiger partial charge is 0.391 e. The van der Waals surface area contributed by atoms with Crippen molar-refractivity contribution in [2.24, 2.45) is 0 Å². The van der Waals surface area contributed by atoms with Gasteiger partial charge in [0.1, 0.15) is 6.10 Å². The molecule has 0 fully saturated rings. The zero-order valence-electron chi connectivity index (χ0n) is 23.0. The number of benzene rings is 2. The van der Waals surface area contributed by atoms with Crippen LogP contribution in [0.25, 0.3) is 0 Å². The molecule has 2 aromatic carbocycles. The smallest absolute Gasteiger partial charge is 0.273 e. The van der Waals surface area contributed by atoms with Crippen LogP contribution in [0.5, 0.6) is 0 Å². The maximum atomic E-state index is 14.7. The Balaban J connectivity index is 1.81. The van der Waals surface area contributed by atoms with E-state index in [0.29, 0.717) is 19.5 Å². The molecule has 3 nitrogen and oxygen atoms in total. The van der Waals surface area contributed by atoms with Gasteiger partial charge in [-0.05, 0) is 24.5 Å². The standard InChI is InChI=1S/C32H49F2NO2/c1-3-4-5-6-7-8-9-10-11-18-23-32(33,34)31(37)24-30(36)27(2)35(25-28-19-14-12-15-20-28)26-29-21-16-13-17-22-29/h12-17,19-22,27,30-31,36-37H,3-11,18,23-26H2,1-2H3/t27-,30-,31-/m0/s1. The Labute approximate surface area is 223 Å². The van der Waals surface area contributed by atoms with Gasteiger partial charge in [-0.15, -0.1) is 0 Å². The van der Waals surface area contributed by atoms with Crippen molar-refractivity contribution < 1.29 is 19.0 Å². The van der Waals surface area contributed by atoms with Crippen molar-refractivity contribution in [2.45, 2.75) is 128 Å². The topological polar surface area (TPSA) is 43.7 Å². The average molecular weight is 518 g/mol. The summed E-state index contributed by atoms with van der Waals surface area (Å²) in [6, 6.07) is 19.5. The Hall–Kier alpha value is -1.82. The first-order valence-electron chi connectivity index (χ1n) is 14.4. The third-order valence-electron chi connectivity index (χ3n) is 7.41. The SMILES string of the molecule is CCCCCCCCCCCCC(F)(F)[C@@H](O)C[C@H](O)[C@H](C)N(Cc1ccccc1)Cc1ccccc1. The van der Waals surface area contributed by atoms with Gasteiger partial charge in [-0.1, -0.05) is 125 Å². The average Bonchev–Trinajstić information content (AvgIpc) is 2.90. The minimum absolute atomic E-state index is 0.330. The number of aliphatic hydroxyl groups excluding tert-OH is 2. The molecule has 0 heterocycles. The minimum Gasteiger partial charge on any atom is -0.391 e. The molecule has 0 radical (unpaired) electrons. The maximum absolute atomic E-state index is 14.7. The summed E-state index contributed by atoms with van der Waals surface area (Å²) in [5.41, 5.74) is 2.17. The van der Waals surface area contributed by atoms with E-state index >= 15 is 0 Å². The van der Waals surface area contributed by atoms with Crippen LogP contribution in [0.4, 0.5) is 8.78 Å². The summed E-state index contributed by atoms with van der Waals surface area (Å²) in [6.07, 6.45) is 7.15. The van der Waals surface area contributed by atoms with Crippen LogP contribution >= 0.6 is 0 Å². The van der Waals surface area contributed by atoms with E-state index in [2.05, 4.69) is 11.8 Å². The second-order valence-electron chi connectivity index (χ2n) is 10.6. The molecule has 0 amide bonds. The summed E-state index contributed by atoms with van der Waals surface area (Å²) in [6.45, 7) is 5.22. The van der Waals surface area contributed by atoms with Gasteiger partial charge in [0.25, 0.3) is 5.92 Å². The summed E-state index contributed by atoms with van der Waals surface area (Å²) in [5, 5.41) is 21.3. The second-order valence-corrected chi connectivity index (χ2v) is 10.6. The van der Waals surface area contributed by atoms with Crippen molar-refractivity contribution in [2.75, 3.05) is 0 Å². The molecule has 0 aliphatic rings. The molecule has 37 heavy (non-hydrogen) atoms. The van der Waals surface area contributed by atoms with Crippen molar-refractivity contribution >= 4 is 0 Å². The van der Waals surface area contributed by atoms with Gasteiger partial charge < -0.3 is 10.2 Å². The molecule has 0 aliphatic heterocycles. The number of alkyl halides is 2. The van der Waals surface area contributed by atoms with Crippen LogP contribution < -0.4 is 0 Å². The van der Waals surface area contributed by atoms with Gasteiger partial charge in [0.05, 0.1) is 6.10 Å². The van der Waals surface area contributed by atoms with E-state index in [-0.39, 0.29) is 12.8 Å². The first-order valence-corrected chi connectivity index (χ1v) is 14.4. The molecule has 2 rings (SSSR count). The van der Waals surface area contributed by atoms with Gasteiger partial charge >= 0.3 is 0 Å². The summed E-state index contributed by atoms with van der Waals surface area (Å²) >= 11 is 0. The summed E-state index contributed by atoms with van der Waals surface area (Å²) in [7, 11) is 0. The van der Waals surface area contributed by atoms with Crippen molar-refractivity contribution in [3.05, 3.63) is 71.8 Å². The minimum atomic E-state index is -3.19. The quantitative estimate of drug-likeness (QED) is 0.174. The van der Waals surface area contributed by atoms with E-state index in [9.17, 15) is 19.0 Å². The highest BCUT2D eigenvalue weighted by molar-refractivity contribution is 5.17. The normalized spacial score (nSPS) is 14.6. The summed E-state index contributed by atoms with van der Waals surface area (Å²) < 4.78 is 29.4. The van der Waals surface area contributed by atoms with Gasteiger partial charge in [0, 0.05) is 32.0 Å². The van der Waals surface area contributed by atoms with Gasteiger partial charge in [-0.2, -0.15) is 0 Å². The molecule has 0 saturated carbocycles. The molecule has 0 aromatic heterocycles. The fraction of sp³-hybridized carbons (Fsp3) is 0.625. The van der Waals surface area contributed by atoms with Gasteiger partial charge in [0.15, 0.2) is 0 Å². The Morgan fingerprint density at radius 3 is 1.59 bits per heavy atom. The first-order chi connectivity index (χ1) is 17.8. The maximum Gasteiger partial charge on any atom is 0.273 e. The molecular formula is C32H49F2NO2. The number of hydrogen-bond donors (Lipinski definition) is 2. The van der Waals surface area contributed by atoms with Crippen molar-refractivity contribution in [1.82, 2.24) is 4.90 Å². The molecule has 208 valence electrons. The molecule has 0 spiro atoms. The zero-order valence-corrected chi connectivity index (χ0v) is 23.0. The Bertz CT molecular complexity index is 777. The van der Waals surface area contributed by atoms with E-state index in [1.165, 1.54) is 38.5 Å². The van der Waals surface area contributed by atoms with Crippen LogP contribution in [0.3, 0.4) is 0 Å². The van der Waals surface area contributed by atoms with Crippen molar-refractivity contribution in [3.63, 3.8) is 0 Å². The Kier molecular flexibility index (Phi) is 15.0. The number of nitrogens with zero attached hydrogens (tertiary/aromatic N) is 1. The van der Waals surface area contributed by atoms with E-state index in [4.69, 9.17) is 0 Å². The van der Waals surface area contributed by atoms with Crippen molar-refractivity contribution in [3.8, 4) is 0 Å². The molecule has 2 aromatic rings. The first kappa shape index (κ1) is 31.4. The monoisotopic (exact) mass is 517 g/mol. The summed E-state index contributed by atoms with van der Waals surface area (Å²) in [5.74, 6) is -3.19. The van der Waals surface area contributed by atoms with E-state index in [1.54, 1.807) is 0 Å². The molecule has 0 aliphatic carbocycles. The predicted molar refractivity (Wildman–Crippen MR) is 150 cm³/mol. The lowest BCUT2D eigenvalue weighted by molar-refractivity contribution is -0.132. The van der Waals surface area contributed by atoms with E-state index in [1.807, 2.05) is 67.6 Å². The van der Waals surface area contributed by atoms with Crippen molar-refractivity contribution in [1.29, 1.82) is 0 Å². The fourth-order valence-electron chi connectivity index (χ4n) is 4.84. The highest BCUT2D eigenvalue weighted by atomic mass is 19.3. The lowest BCUT2D eigenvalue weighted by atomic mass is 9.96. The van der Waals surface area contributed by atoms with Crippen LogP contribution in [0.15, 0.2) is 60.7 Å². The van der Waals surface area contributed by atoms with Gasteiger partial charge in [-0.3, -0.25) is 4.90 Å². The molecule has 2 N–H and O–H groups in total.